The van der Waals surface area contributed by atoms with Crippen molar-refractivity contribution in [2.45, 2.75) is 46.3 Å². The summed E-state index contributed by atoms with van der Waals surface area (Å²) in [6.45, 7) is 9.29. The molecule has 1 aliphatic rings. The van der Waals surface area contributed by atoms with Gasteiger partial charge in [-0.3, -0.25) is 0 Å². The average Bonchev–Trinajstić information content (AvgIpc) is 3.10. The van der Waals surface area contributed by atoms with Crippen molar-refractivity contribution >= 4 is 0 Å². The van der Waals surface area contributed by atoms with Gasteiger partial charge < -0.3 is 23.7 Å². The predicted octanol–water partition coefficient (Wildman–Crippen LogP) is 4.10. The molecular weight excluding hydrogens is 296 g/mol. The fraction of sp³-hybridized carbons (Fsp3) is 0.667. The molecule has 130 valence electrons. The fourth-order valence-electron chi connectivity index (χ4n) is 2.30. The van der Waals surface area contributed by atoms with E-state index in [4.69, 9.17) is 23.7 Å². The molecule has 5 nitrogen and oxygen atoms in total. The summed E-state index contributed by atoms with van der Waals surface area (Å²) in [6.07, 6.45) is 2.38. The van der Waals surface area contributed by atoms with Crippen molar-refractivity contribution in [1.29, 1.82) is 0 Å². The van der Waals surface area contributed by atoms with E-state index in [1.165, 1.54) is 0 Å². The zero-order valence-electron chi connectivity index (χ0n) is 14.4. The number of ether oxygens (including phenoxy) is 5. The van der Waals surface area contributed by atoms with E-state index in [-0.39, 0.29) is 0 Å². The molecule has 5 heteroatoms. The molecule has 1 saturated heterocycles. The second-order valence-electron chi connectivity index (χ2n) is 5.43. The maximum absolute atomic E-state index is 5.98. The van der Waals surface area contributed by atoms with Crippen LogP contribution in [0.25, 0.3) is 0 Å². The minimum Gasteiger partial charge on any atom is -0.490 e. The molecule has 0 spiro atoms. The summed E-state index contributed by atoms with van der Waals surface area (Å²) in [7, 11) is 0. The van der Waals surface area contributed by atoms with Crippen molar-refractivity contribution in [3.8, 4) is 17.2 Å². The molecule has 0 saturated carbocycles. The van der Waals surface area contributed by atoms with Crippen molar-refractivity contribution in [2.24, 2.45) is 0 Å². The van der Waals surface area contributed by atoms with Gasteiger partial charge in [0.2, 0.25) is 5.75 Å². The molecule has 0 amide bonds. The summed E-state index contributed by atoms with van der Waals surface area (Å²) in [6, 6.07) is 3.87. The molecule has 2 rings (SSSR count). The summed E-state index contributed by atoms with van der Waals surface area (Å²) < 4.78 is 29.1. The van der Waals surface area contributed by atoms with Gasteiger partial charge in [-0.15, -0.1) is 0 Å². The first-order valence-electron chi connectivity index (χ1n) is 8.60. The van der Waals surface area contributed by atoms with Crippen LogP contribution in [0.5, 0.6) is 17.2 Å². The van der Waals surface area contributed by atoms with E-state index in [9.17, 15) is 0 Å². The number of hydrogen-bond donors (Lipinski definition) is 0. The lowest BCUT2D eigenvalue weighted by atomic mass is 10.1. The number of benzene rings is 1. The molecule has 0 unspecified atom stereocenters. The zero-order chi connectivity index (χ0) is 16.5. The minimum atomic E-state index is -0.397. The van der Waals surface area contributed by atoms with E-state index < -0.39 is 6.29 Å². The third-order valence-corrected chi connectivity index (χ3v) is 3.34. The van der Waals surface area contributed by atoms with E-state index in [0.717, 1.165) is 24.8 Å². The van der Waals surface area contributed by atoms with E-state index in [1.54, 1.807) is 0 Å². The van der Waals surface area contributed by atoms with Crippen LogP contribution >= 0.6 is 0 Å². The van der Waals surface area contributed by atoms with Gasteiger partial charge in [0, 0.05) is 0 Å². The van der Waals surface area contributed by atoms with Crippen LogP contribution in [0.4, 0.5) is 0 Å². The summed E-state index contributed by atoms with van der Waals surface area (Å²) in [5.41, 5.74) is 0.867. The first kappa shape index (κ1) is 17.9. The van der Waals surface area contributed by atoms with Crippen molar-refractivity contribution in [2.75, 3.05) is 33.0 Å². The van der Waals surface area contributed by atoms with Crippen molar-refractivity contribution in [3.63, 3.8) is 0 Å². The third-order valence-electron chi connectivity index (χ3n) is 3.34. The Morgan fingerprint density at radius 3 is 2.00 bits per heavy atom. The van der Waals surface area contributed by atoms with Gasteiger partial charge in [0.05, 0.1) is 38.6 Å². The summed E-state index contributed by atoms with van der Waals surface area (Å²) >= 11 is 0. The molecule has 1 aliphatic heterocycles. The molecule has 23 heavy (non-hydrogen) atoms. The van der Waals surface area contributed by atoms with Gasteiger partial charge in [-0.25, -0.2) is 0 Å². The fourth-order valence-corrected chi connectivity index (χ4v) is 2.30. The van der Waals surface area contributed by atoms with Gasteiger partial charge in [0.1, 0.15) is 0 Å². The highest BCUT2D eigenvalue weighted by molar-refractivity contribution is 5.56. The molecule has 0 bridgehead atoms. The molecule has 0 N–H and O–H groups in total. The molecule has 0 radical (unpaired) electrons. The smallest absolute Gasteiger partial charge is 0.204 e. The van der Waals surface area contributed by atoms with Crippen LogP contribution in [0.3, 0.4) is 0 Å². The SMILES string of the molecule is CCCOc1ccc(C2OCCO2)c(OCCC)c1OCCC. The summed E-state index contributed by atoms with van der Waals surface area (Å²) in [5, 5.41) is 0. The molecular formula is C18H28O5. The second kappa shape index (κ2) is 9.63. The van der Waals surface area contributed by atoms with Crippen LogP contribution in [-0.4, -0.2) is 33.0 Å². The highest BCUT2D eigenvalue weighted by Crippen LogP contribution is 2.44. The van der Waals surface area contributed by atoms with Gasteiger partial charge in [-0.2, -0.15) is 0 Å². The predicted molar refractivity (Wildman–Crippen MR) is 88.4 cm³/mol. The van der Waals surface area contributed by atoms with Crippen LogP contribution in [0.1, 0.15) is 51.9 Å². The Morgan fingerprint density at radius 2 is 1.39 bits per heavy atom. The Kier molecular flexibility index (Phi) is 7.49. The molecule has 0 aliphatic carbocycles. The summed E-state index contributed by atoms with van der Waals surface area (Å²) in [5.74, 6) is 2.05. The highest BCUT2D eigenvalue weighted by Gasteiger charge is 2.27. The maximum Gasteiger partial charge on any atom is 0.204 e. The van der Waals surface area contributed by atoms with Crippen molar-refractivity contribution < 1.29 is 23.7 Å². The van der Waals surface area contributed by atoms with Crippen molar-refractivity contribution in [3.05, 3.63) is 17.7 Å². The lowest BCUT2D eigenvalue weighted by molar-refractivity contribution is -0.0460. The normalized spacial score (nSPS) is 14.9. The van der Waals surface area contributed by atoms with Gasteiger partial charge in [-0.1, -0.05) is 20.8 Å². The van der Waals surface area contributed by atoms with Crippen molar-refractivity contribution in [1.82, 2.24) is 0 Å². The van der Waals surface area contributed by atoms with Gasteiger partial charge >= 0.3 is 0 Å². The van der Waals surface area contributed by atoms with Crippen LogP contribution in [0.15, 0.2) is 12.1 Å². The van der Waals surface area contributed by atoms with Gasteiger partial charge in [0.15, 0.2) is 17.8 Å². The summed E-state index contributed by atoms with van der Waals surface area (Å²) in [4.78, 5) is 0. The number of rotatable bonds is 10. The third kappa shape index (κ3) is 4.75. The average molecular weight is 324 g/mol. The standard InChI is InChI=1S/C18H28O5/c1-4-9-19-15-8-7-14(18-22-12-13-23-18)16(20-10-5-2)17(15)21-11-6-3/h7-8,18H,4-6,9-13H2,1-3H3. The molecule has 0 aromatic heterocycles. The quantitative estimate of drug-likeness (QED) is 0.648. The molecule has 1 fully saturated rings. The van der Waals surface area contributed by atoms with Crippen LogP contribution < -0.4 is 14.2 Å². The highest BCUT2D eigenvalue weighted by atomic mass is 16.7. The largest absolute Gasteiger partial charge is 0.490 e. The van der Waals surface area contributed by atoms with Crippen LogP contribution in [0, 0.1) is 0 Å². The Bertz CT molecular complexity index is 469. The monoisotopic (exact) mass is 324 g/mol. The molecule has 1 aromatic rings. The van der Waals surface area contributed by atoms with Gasteiger partial charge in [0.25, 0.3) is 0 Å². The molecule has 1 heterocycles. The van der Waals surface area contributed by atoms with Crippen LogP contribution in [-0.2, 0) is 9.47 Å². The molecule has 0 atom stereocenters. The van der Waals surface area contributed by atoms with Crippen LogP contribution in [0.2, 0.25) is 0 Å². The van der Waals surface area contributed by atoms with E-state index >= 15 is 0 Å². The minimum absolute atomic E-state index is 0.397. The Balaban J connectivity index is 2.36. The first-order chi connectivity index (χ1) is 11.3. The maximum atomic E-state index is 5.98. The zero-order valence-corrected chi connectivity index (χ0v) is 14.4. The lowest BCUT2D eigenvalue weighted by Gasteiger charge is -2.21. The second-order valence-corrected chi connectivity index (χ2v) is 5.43. The van der Waals surface area contributed by atoms with Gasteiger partial charge in [-0.05, 0) is 31.4 Å². The van der Waals surface area contributed by atoms with E-state index in [1.807, 2.05) is 12.1 Å². The number of hydrogen-bond acceptors (Lipinski definition) is 5. The van der Waals surface area contributed by atoms with E-state index in [2.05, 4.69) is 20.8 Å². The first-order valence-corrected chi connectivity index (χ1v) is 8.60. The Morgan fingerprint density at radius 1 is 0.826 bits per heavy atom. The lowest BCUT2D eigenvalue weighted by Crippen LogP contribution is -2.09. The Hall–Kier alpha value is -1.46. The Labute approximate surface area is 138 Å². The molecule has 1 aromatic carbocycles. The topological polar surface area (TPSA) is 46.2 Å². The van der Waals surface area contributed by atoms with E-state index in [0.29, 0.717) is 50.3 Å².